The zero-order chi connectivity index (χ0) is 27.5. The van der Waals surface area contributed by atoms with Gasteiger partial charge in [-0.1, -0.05) is 0 Å². The zero-order valence-electron chi connectivity index (χ0n) is 19.3. The van der Waals surface area contributed by atoms with E-state index in [9.17, 15) is 33.9 Å². The number of aromatic nitrogens is 4. The number of nitrogens with two attached hydrogens (primary N) is 2. The molecule has 0 aliphatic carbocycles. The lowest BCUT2D eigenvalue weighted by atomic mass is 10.1. The maximum absolute atomic E-state index is 13.0. The summed E-state index contributed by atoms with van der Waals surface area (Å²) in [5, 5.41) is 25.2. The number of primary amides is 1. The van der Waals surface area contributed by atoms with Crippen LogP contribution in [0.15, 0.2) is 25.0 Å². The minimum atomic E-state index is -1.60. The largest absolute Gasteiger partial charge is 0.481 e. The number of aliphatic carboxylic acids is 2. The average Bonchev–Trinajstić information content (AvgIpc) is 3.51. The van der Waals surface area contributed by atoms with E-state index in [1.165, 1.54) is 25.0 Å². The maximum atomic E-state index is 13.0. The van der Waals surface area contributed by atoms with Crippen molar-refractivity contribution in [2.75, 3.05) is 0 Å². The monoisotopic (exact) mass is 521 g/mol. The first-order valence-corrected chi connectivity index (χ1v) is 10.8. The first-order chi connectivity index (χ1) is 17.5. The number of nitrogens with zero attached hydrogens (tertiary/aromatic N) is 2. The van der Waals surface area contributed by atoms with E-state index in [1.54, 1.807) is 0 Å². The summed E-state index contributed by atoms with van der Waals surface area (Å²) in [6, 6.07) is -5.88. The highest BCUT2D eigenvalue weighted by atomic mass is 16.4. The highest BCUT2D eigenvalue weighted by molar-refractivity contribution is 5.96. The Morgan fingerprint density at radius 2 is 1.27 bits per heavy atom. The van der Waals surface area contributed by atoms with Gasteiger partial charge in [-0.15, -0.1) is 0 Å². The summed E-state index contributed by atoms with van der Waals surface area (Å²) in [5.74, 6) is -6.63. The van der Waals surface area contributed by atoms with Gasteiger partial charge in [-0.25, -0.2) is 14.8 Å². The van der Waals surface area contributed by atoms with Gasteiger partial charge in [0.15, 0.2) is 0 Å². The number of rotatable bonds is 15. The predicted octanol–water partition coefficient (Wildman–Crippen LogP) is -3.87. The Hall–Kier alpha value is -4.80. The minimum Gasteiger partial charge on any atom is -0.481 e. The van der Waals surface area contributed by atoms with E-state index in [0.29, 0.717) is 11.4 Å². The van der Waals surface area contributed by atoms with Crippen molar-refractivity contribution in [1.29, 1.82) is 0 Å². The summed E-state index contributed by atoms with van der Waals surface area (Å²) in [4.78, 5) is 85.3. The Kier molecular flexibility index (Phi) is 10.2. The van der Waals surface area contributed by atoms with Crippen LogP contribution in [0.25, 0.3) is 0 Å². The molecule has 2 aromatic rings. The average molecular weight is 521 g/mol. The van der Waals surface area contributed by atoms with Crippen molar-refractivity contribution in [3.63, 3.8) is 0 Å². The molecule has 200 valence electrons. The third-order valence-electron chi connectivity index (χ3n) is 4.97. The van der Waals surface area contributed by atoms with Crippen molar-refractivity contribution in [2.45, 2.75) is 49.9 Å². The summed E-state index contributed by atoms with van der Waals surface area (Å²) in [7, 11) is 0. The molecule has 0 fully saturated rings. The highest BCUT2D eigenvalue weighted by Gasteiger charge is 2.32. The van der Waals surface area contributed by atoms with Crippen LogP contribution in [0.2, 0.25) is 0 Å². The molecule has 4 amide bonds. The number of H-pyrrole nitrogens is 2. The van der Waals surface area contributed by atoms with E-state index >= 15 is 0 Å². The fraction of sp³-hybridized carbons (Fsp3) is 0.400. The predicted molar refractivity (Wildman–Crippen MR) is 122 cm³/mol. The molecule has 0 saturated heterocycles. The summed E-state index contributed by atoms with van der Waals surface area (Å²) >= 11 is 0. The lowest BCUT2D eigenvalue weighted by Crippen LogP contribution is -2.58. The van der Waals surface area contributed by atoms with Gasteiger partial charge in [0.25, 0.3) is 0 Å². The number of carbonyl (C=O) groups excluding carboxylic acids is 4. The van der Waals surface area contributed by atoms with Crippen LogP contribution in [0.4, 0.5) is 0 Å². The number of carboxylic acid groups (broad SMARTS) is 2. The number of imidazole rings is 2. The van der Waals surface area contributed by atoms with E-state index < -0.39 is 72.6 Å². The van der Waals surface area contributed by atoms with Gasteiger partial charge in [0, 0.05) is 36.6 Å². The van der Waals surface area contributed by atoms with Crippen LogP contribution < -0.4 is 27.4 Å². The minimum absolute atomic E-state index is 0.131. The molecule has 0 aliphatic heterocycles. The van der Waals surface area contributed by atoms with Gasteiger partial charge in [0.2, 0.25) is 23.6 Å². The van der Waals surface area contributed by atoms with E-state index in [1.807, 2.05) is 0 Å². The van der Waals surface area contributed by atoms with Crippen LogP contribution in [0, 0.1) is 0 Å². The Morgan fingerprint density at radius 3 is 1.73 bits per heavy atom. The van der Waals surface area contributed by atoms with E-state index in [2.05, 4.69) is 35.9 Å². The Labute approximate surface area is 208 Å². The molecule has 0 aromatic carbocycles. The summed E-state index contributed by atoms with van der Waals surface area (Å²) in [6.45, 7) is 0. The van der Waals surface area contributed by atoms with E-state index in [4.69, 9.17) is 16.6 Å². The molecule has 2 rings (SSSR count). The second kappa shape index (κ2) is 13.3. The summed E-state index contributed by atoms with van der Waals surface area (Å²) in [6.07, 6.45) is 3.70. The van der Waals surface area contributed by atoms with Crippen molar-refractivity contribution in [2.24, 2.45) is 11.5 Å². The molecule has 0 bridgehead atoms. The van der Waals surface area contributed by atoms with Gasteiger partial charge in [0.05, 0.1) is 31.5 Å². The SMILES string of the molecule is NC(=O)CC(NC(=O)C(N)CC(=O)O)C(=O)NC(Cc1cnc[nH]1)C(=O)NC(Cc1cnc[nH]1)C(=O)O. The molecule has 2 aromatic heterocycles. The molecule has 11 N–H and O–H groups in total. The van der Waals surface area contributed by atoms with Gasteiger partial charge >= 0.3 is 11.9 Å². The molecule has 0 radical (unpaired) electrons. The molecule has 4 unspecified atom stereocenters. The molecule has 0 aliphatic rings. The van der Waals surface area contributed by atoms with Crippen molar-refractivity contribution in [3.05, 3.63) is 36.4 Å². The van der Waals surface area contributed by atoms with Gasteiger partial charge in [-0.2, -0.15) is 0 Å². The molecule has 0 spiro atoms. The van der Waals surface area contributed by atoms with Crippen molar-refractivity contribution in [3.8, 4) is 0 Å². The van der Waals surface area contributed by atoms with Crippen LogP contribution >= 0.6 is 0 Å². The van der Waals surface area contributed by atoms with Crippen molar-refractivity contribution < 1.29 is 39.0 Å². The Balaban J connectivity index is 2.20. The first kappa shape index (κ1) is 28.4. The first-order valence-electron chi connectivity index (χ1n) is 10.8. The van der Waals surface area contributed by atoms with Crippen molar-refractivity contribution >= 4 is 35.6 Å². The van der Waals surface area contributed by atoms with Gasteiger partial charge in [0.1, 0.15) is 18.1 Å². The smallest absolute Gasteiger partial charge is 0.326 e. The summed E-state index contributed by atoms with van der Waals surface area (Å²) in [5.41, 5.74) is 11.5. The molecule has 2 heterocycles. The highest BCUT2D eigenvalue weighted by Crippen LogP contribution is 2.05. The molecular weight excluding hydrogens is 494 g/mol. The number of nitrogens with one attached hydrogen (secondary N) is 5. The fourth-order valence-corrected chi connectivity index (χ4v) is 3.16. The van der Waals surface area contributed by atoms with Crippen LogP contribution in [0.1, 0.15) is 24.2 Å². The van der Waals surface area contributed by atoms with E-state index in [-0.39, 0.29) is 12.8 Å². The van der Waals surface area contributed by atoms with Crippen molar-refractivity contribution in [1.82, 2.24) is 35.9 Å². The Bertz CT molecular complexity index is 1100. The van der Waals surface area contributed by atoms with Gasteiger partial charge < -0.3 is 47.6 Å². The number of carbonyl (C=O) groups is 6. The number of aromatic amines is 2. The van der Waals surface area contributed by atoms with Crippen LogP contribution in [0.5, 0.6) is 0 Å². The fourth-order valence-electron chi connectivity index (χ4n) is 3.16. The number of hydrogen-bond donors (Lipinski definition) is 9. The van der Waals surface area contributed by atoms with Crippen LogP contribution in [-0.4, -0.2) is 89.9 Å². The van der Waals surface area contributed by atoms with Gasteiger partial charge in [-0.3, -0.25) is 24.0 Å². The lowest BCUT2D eigenvalue weighted by molar-refractivity contribution is -0.142. The molecule has 17 heteroatoms. The normalized spacial score (nSPS) is 14.0. The molecule has 0 saturated carbocycles. The Morgan fingerprint density at radius 1 is 0.784 bits per heavy atom. The summed E-state index contributed by atoms with van der Waals surface area (Å²) < 4.78 is 0. The topological polar surface area (TPSA) is 288 Å². The number of carboxylic acids is 2. The second-order valence-corrected chi connectivity index (χ2v) is 7.96. The molecule has 4 atom stereocenters. The van der Waals surface area contributed by atoms with Crippen LogP contribution in [0.3, 0.4) is 0 Å². The third-order valence-corrected chi connectivity index (χ3v) is 4.97. The standard InChI is InChI=1S/C20H27N9O8/c21-11(3-16(31)32)17(33)27-13(4-15(22)30)19(35)28-12(1-9-5-23-7-25-9)18(34)29-14(20(36)37)2-10-6-24-8-26-10/h5-8,11-14H,1-4,21H2,(H2,22,30)(H,23,25)(H,24,26)(H,27,33)(H,28,35)(H,29,34)(H,31,32)(H,36,37). The van der Waals surface area contributed by atoms with E-state index in [0.717, 1.165) is 0 Å². The third kappa shape index (κ3) is 9.40. The van der Waals surface area contributed by atoms with Crippen LogP contribution in [-0.2, 0) is 41.6 Å². The quantitative estimate of drug-likeness (QED) is 0.109. The molecule has 37 heavy (non-hydrogen) atoms. The number of hydrogen-bond acceptors (Lipinski definition) is 9. The molecular formula is C20H27N9O8. The zero-order valence-corrected chi connectivity index (χ0v) is 19.3. The number of amides is 4. The maximum Gasteiger partial charge on any atom is 0.326 e. The molecule has 17 nitrogen and oxygen atoms in total. The second-order valence-electron chi connectivity index (χ2n) is 7.96. The van der Waals surface area contributed by atoms with Gasteiger partial charge in [-0.05, 0) is 0 Å². The lowest BCUT2D eigenvalue weighted by Gasteiger charge is -2.24.